The minimum absolute atomic E-state index is 0.129. The third-order valence-electron chi connectivity index (χ3n) is 3.59. The third-order valence-corrected chi connectivity index (χ3v) is 3.59. The first kappa shape index (κ1) is 15.3. The summed E-state index contributed by atoms with van der Waals surface area (Å²) in [7, 11) is 0. The number of benzene rings is 1. The molecule has 1 atom stereocenters. The smallest absolute Gasteiger partial charge is 0.123 e. The molecule has 1 aromatic rings. The van der Waals surface area contributed by atoms with Gasteiger partial charge in [-0.1, -0.05) is 32.0 Å². The van der Waals surface area contributed by atoms with Crippen molar-refractivity contribution in [2.24, 2.45) is 0 Å². The van der Waals surface area contributed by atoms with E-state index in [1.54, 1.807) is 0 Å². The van der Waals surface area contributed by atoms with E-state index < -0.39 is 0 Å². The van der Waals surface area contributed by atoms with Crippen LogP contribution in [0.4, 0.5) is 0 Å². The van der Waals surface area contributed by atoms with E-state index in [4.69, 9.17) is 4.74 Å². The van der Waals surface area contributed by atoms with Crippen LogP contribution in [-0.2, 0) is 6.54 Å². The molecule has 4 nitrogen and oxygen atoms in total. The zero-order valence-corrected chi connectivity index (χ0v) is 12.7. The van der Waals surface area contributed by atoms with E-state index in [0.717, 1.165) is 25.4 Å². The summed E-state index contributed by atoms with van der Waals surface area (Å²) in [4.78, 5) is 2.34. The van der Waals surface area contributed by atoms with Crippen molar-refractivity contribution >= 4 is 0 Å². The highest BCUT2D eigenvalue weighted by Gasteiger charge is 2.28. The van der Waals surface area contributed by atoms with Crippen LogP contribution in [-0.4, -0.2) is 47.9 Å². The molecule has 0 saturated carbocycles. The molecule has 1 aromatic carbocycles. The Hall–Kier alpha value is -1.10. The topological polar surface area (TPSA) is 44.7 Å². The Morgan fingerprint density at radius 3 is 2.85 bits per heavy atom. The lowest BCUT2D eigenvalue weighted by Crippen LogP contribution is -2.56. The molecule has 0 amide bonds. The molecule has 0 aliphatic carbocycles. The van der Waals surface area contributed by atoms with Crippen LogP contribution in [0.2, 0.25) is 0 Å². The number of fused-ring (bicyclic) bond motifs is 1. The molecule has 0 spiro atoms. The lowest BCUT2D eigenvalue weighted by atomic mass is 10.0. The lowest BCUT2D eigenvalue weighted by molar-refractivity contribution is 0.105. The van der Waals surface area contributed by atoms with Crippen molar-refractivity contribution in [2.75, 3.05) is 26.3 Å². The van der Waals surface area contributed by atoms with Gasteiger partial charge in [0.2, 0.25) is 0 Å². The second-order valence-corrected chi connectivity index (χ2v) is 6.18. The molecular weight excluding hydrogens is 252 g/mol. The molecule has 0 bridgehead atoms. The van der Waals surface area contributed by atoms with E-state index in [1.165, 1.54) is 5.56 Å². The molecule has 2 rings (SSSR count). The van der Waals surface area contributed by atoms with Gasteiger partial charge in [0, 0.05) is 31.2 Å². The van der Waals surface area contributed by atoms with Gasteiger partial charge in [0.1, 0.15) is 12.4 Å². The zero-order valence-electron chi connectivity index (χ0n) is 12.7. The van der Waals surface area contributed by atoms with Gasteiger partial charge < -0.3 is 15.2 Å². The molecule has 1 aliphatic rings. The molecular formula is C16H26N2O2. The van der Waals surface area contributed by atoms with Crippen molar-refractivity contribution < 1.29 is 9.84 Å². The van der Waals surface area contributed by atoms with Crippen molar-refractivity contribution in [3.8, 4) is 5.75 Å². The summed E-state index contributed by atoms with van der Waals surface area (Å²) in [5.41, 5.74) is 0.933. The third kappa shape index (κ3) is 3.95. The average Bonchev–Trinajstić information content (AvgIpc) is 2.59. The van der Waals surface area contributed by atoms with Gasteiger partial charge in [0.25, 0.3) is 0 Å². The maximum atomic E-state index is 9.71. The maximum absolute atomic E-state index is 9.71. The molecule has 0 radical (unpaired) electrons. The summed E-state index contributed by atoms with van der Waals surface area (Å²) in [5, 5.41) is 13.2. The van der Waals surface area contributed by atoms with Gasteiger partial charge in [-0.05, 0) is 13.0 Å². The Labute approximate surface area is 121 Å². The van der Waals surface area contributed by atoms with Crippen LogP contribution < -0.4 is 10.1 Å². The van der Waals surface area contributed by atoms with Gasteiger partial charge in [-0.25, -0.2) is 0 Å². The minimum Gasteiger partial charge on any atom is -0.492 e. The number of hydrogen-bond donors (Lipinski definition) is 2. The van der Waals surface area contributed by atoms with Crippen LogP contribution in [0.15, 0.2) is 24.3 Å². The van der Waals surface area contributed by atoms with E-state index >= 15 is 0 Å². The maximum Gasteiger partial charge on any atom is 0.123 e. The fraction of sp³-hybridized carbons (Fsp3) is 0.625. The fourth-order valence-corrected chi connectivity index (χ4v) is 2.85. The zero-order chi connectivity index (χ0) is 14.6. The van der Waals surface area contributed by atoms with Crippen LogP contribution >= 0.6 is 0 Å². The Morgan fingerprint density at radius 1 is 1.40 bits per heavy atom. The van der Waals surface area contributed by atoms with Crippen molar-refractivity contribution in [3.63, 3.8) is 0 Å². The molecule has 20 heavy (non-hydrogen) atoms. The highest BCUT2D eigenvalue weighted by Crippen LogP contribution is 2.23. The molecule has 1 unspecified atom stereocenters. The normalized spacial score (nSPS) is 19.1. The predicted octanol–water partition coefficient (Wildman–Crippen LogP) is 1.63. The Morgan fingerprint density at radius 2 is 2.15 bits per heavy atom. The van der Waals surface area contributed by atoms with Crippen LogP contribution in [0.1, 0.15) is 26.3 Å². The predicted molar refractivity (Wildman–Crippen MR) is 81.0 cm³/mol. The van der Waals surface area contributed by atoms with Crippen molar-refractivity contribution in [3.05, 3.63) is 29.8 Å². The minimum atomic E-state index is -0.284. The monoisotopic (exact) mass is 278 g/mol. The SMILES string of the molecule is CC(C)NC(C)(CO)CN1CCOc2ccccc2C1. The van der Waals surface area contributed by atoms with Crippen LogP contribution in [0, 0.1) is 0 Å². The first-order chi connectivity index (χ1) is 9.52. The molecule has 0 aromatic heterocycles. The molecule has 1 aliphatic heterocycles. The Kier molecular flexibility index (Phi) is 5.02. The molecule has 2 N–H and O–H groups in total. The summed E-state index contributed by atoms with van der Waals surface area (Å²) < 4.78 is 5.78. The first-order valence-corrected chi connectivity index (χ1v) is 7.34. The number of hydrogen-bond acceptors (Lipinski definition) is 4. The Bertz CT molecular complexity index is 436. The summed E-state index contributed by atoms with van der Waals surface area (Å²) in [5.74, 6) is 0.984. The average molecular weight is 278 g/mol. The van der Waals surface area contributed by atoms with Gasteiger partial charge in [-0.3, -0.25) is 4.90 Å². The number of nitrogens with zero attached hydrogens (tertiary/aromatic N) is 1. The largest absolute Gasteiger partial charge is 0.492 e. The van der Waals surface area contributed by atoms with Gasteiger partial charge in [0.15, 0.2) is 0 Å². The van der Waals surface area contributed by atoms with Crippen LogP contribution in [0.3, 0.4) is 0 Å². The number of ether oxygens (including phenoxy) is 1. The second-order valence-electron chi connectivity index (χ2n) is 6.18. The number of rotatable bonds is 5. The number of aliphatic hydroxyl groups excluding tert-OH is 1. The number of aliphatic hydroxyl groups is 1. The first-order valence-electron chi connectivity index (χ1n) is 7.34. The quantitative estimate of drug-likeness (QED) is 0.859. The highest BCUT2D eigenvalue weighted by molar-refractivity contribution is 5.33. The van der Waals surface area contributed by atoms with E-state index in [9.17, 15) is 5.11 Å². The molecule has 0 fully saturated rings. The van der Waals surface area contributed by atoms with E-state index in [2.05, 4.69) is 37.1 Å². The highest BCUT2D eigenvalue weighted by atomic mass is 16.5. The van der Waals surface area contributed by atoms with Gasteiger partial charge >= 0.3 is 0 Å². The fourth-order valence-electron chi connectivity index (χ4n) is 2.85. The van der Waals surface area contributed by atoms with E-state index in [-0.39, 0.29) is 12.1 Å². The van der Waals surface area contributed by atoms with Crippen molar-refractivity contribution in [1.29, 1.82) is 0 Å². The molecule has 0 saturated heterocycles. The summed E-state index contributed by atoms with van der Waals surface area (Å²) in [6, 6.07) is 8.54. The standard InChI is InChI=1S/C16H26N2O2/c1-13(2)17-16(3,12-19)11-18-8-9-20-15-7-5-4-6-14(15)10-18/h4-7,13,17,19H,8-12H2,1-3H3. The van der Waals surface area contributed by atoms with Crippen LogP contribution in [0.5, 0.6) is 5.75 Å². The van der Waals surface area contributed by atoms with Crippen molar-refractivity contribution in [1.82, 2.24) is 10.2 Å². The molecule has 1 heterocycles. The molecule has 112 valence electrons. The van der Waals surface area contributed by atoms with E-state index in [0.29, 0.717) is 12.6 Å². The number of para-hydroxylation sites is 1. The van der Waals surface area contributed by atoms with Crippen molar-refractivity contribution in [2.45, 2.75) is 38.9 Å². The number of nitrogens with one attached hydrogen (secondary N) is 1. The van der Waals surface area contributed by atoms with Gasteiger partial charge in [0.05, 0.1) is 12.1 Å². The van der Waals surface area contributed by atoms with Gasteiger partial charge in [-0.2, -0.15) is 0 Å². The van der Waals surface area contributed by atoms with Gasteiger partial charge in [-0.15, -0.1) is 0 Å². The second kappa shape index (κ2) is 6.57. The summed E-state index contributed by atoms with van der Waals surface area (Å²) >= 11 is 0. The summed E-state index contributed by atoms with van der Waals surface area (Å²) in [6.07, 6.45) is 0. The molecule has 4 heteroatoms. The lowest BCUT2D eigenvalue weighted by Gasteiger charge is -2.36. The Balaban J connectivity index is 2.06. The van der Waals surface area contributed by atoms with E-state index in [1.807, 2.05) is 18.2 Å². The summed E-state index contributed by atoms with van der Waals surface area (Å²) in [6.45, 7) is 9.66. The van der Waals surface area contributed by atoms with Crippen LogP contribution in [0.25, 0.3) is 0 Å².